The fraction of sp³-hybridized carbons (Fsp3) is 0.235. The largest absolute Gasteiger partial charge is 0.550 e. The normalized spacial score (nSPS) is 19.3. The maximum absolute atomic E-state index is 12.8. The second-order valence-corrected chi connectivity index (χ2v) is 7.33. The first kappa shape index (κ1) is 18.3. The van der Waals surface area contributed by atoms with Crippen molar-refractivity contribution >= 4 is 63.3 Å². The minimum Gasteiger partial charge on any atom is -0.550 e. The second-order valence-electron chi connectivity index (χ2n) is 5.68. The lowest BCUT2D eigenvalue weighted by Crippen LogP contribution is -2.32. The SMILES string of the molecule is CC(=O)N1C(=O)/C(=C2\SC(=S)N(CCCC(=O)[O-])C2=O)c2ccccc21. The van der Waals surface area contributed by atoms with Crippen LogP contribution in [0, 0.1) is 0 Å². The van der Waals surface area contributed by atoms with Crippen LogP contribution in [0.15, 0.2) is 29.2 Å². The molecule has 2 aliphatic rings. The summed E-state index contributed by atoms with van der Waals surface area (Å²) >= 11 is 6.19. The molecule has 0 bridgehead atoms. The number of anilines is 1. The molecule has 0 atom stereocenters. The summed E-state index contributed by atoms with van der Waals surface area (Å²) in [6, 6.07) is 6.74. The van der Waals surface area contributed by atoms with Crippen LogP contribution < -0.4 is 10.0 Å². The fourth-order valence-corrected chi connectivity index (χ4v) is 4.25. The highest BCUT2D eigenvalue weighted by Crippen LogP contribution is 2.44. The Labute approximate surface area is 158 Å². The molecule has 7 nitrogen and oxygen atoms in total. The molecule has 0 N–H and O–H groups in total. The van der Waals surface area contributed by atoms with E-state index in [0.29, 0.717) is 11.3 Å². The van der Waals surface area contributed by atoms with E-state index in [9.17, 15) is 24.3 Å². The molecule has 26 heavy (non-hydrogen) atoms. The van der Waals surface area contributed by atoms with Crippen molar-refractivity contribution in [2.45, 2.75) is 19.8 Å². The number of nitrogens with zero attached hydrogens (tertiary/aromatic N) is 2. The molecule has 9 heteroatoms. The van der Waals surface area contributed by atoms with Crippen LogP contribution >= 0.6 is 24.0 Å². The molecule has 0 aliphatic carbocycles. The van der Waals surface area contributed by atoms with Gasteiger partial charge in [0.05, 0.1) is 16.2 Å². The number of carboxylic acids is 1. The van der Waals surface area contributed by atoms with Crippen LogP contribution in [0.25, 0.3) is 5.57 Å². The summed E-state index contributed by atoms with van der Waals surface area (Å²) in [5, 5.41) is 10.5. The van der Waals surface area contributed by atoms with Gasteiger partial charge in [-0.15, -0.1) is 0 Å². The van der Waals surface area contributed by atoms with Gasteiger partial charge in [0, 0.05) is 25.0 Å². The van der Waals surface area contributed by atoms with E-state index in [1.807, 2.05) is 0 Å². The Bertz CT molecular complexity index is 893. The average molecular weight is 389 g/mol. The van der Waals surface area contributed by atoms with E-state index in [1.165, 1.54) is 11.8 Å². The molecule has 134 valence electrons. The second kappa shape index (κ2) is 7.00. The number of thioether (sulfide) groups is 1. The van der Waals surface area contributed by atoms with Crippen molar-refractivity contribution in [3.63, 3.8) is 0 Å². The Hall–Kier alpha value is -2.52. The Morgan fingerprint density at radius 3 is 2.54 bits per heavy atom. The van der Waals surface area contributed by atoms with Crippen molar-refractivity contribution in [3.05, 3.63) is 34.7 Å². The lowest BCUT2D eigenvalue weighted by atomic mass is 10.1. The number of rotatable bonds is 4. The summed E-state index contributed by atoms with van der Waals surface area (Å²) in [7, 11) is 0. The van der Waals surface area contributed by atoms with Gasteiger partial charge in [0.2, 0.25) is 5.91 Å². The number of amides is 3. The van der Waals surface area contributed by atoms with Crippen molar-refractivity contribution in [1.82, 2.24) is 4.90 Å². The lowest BCUT2D eigenvalue weighted by Gasteiger charge is -2.14. The van der Waals surface area contributed by atoms with E-state index in [1.54, 1.807) is 24.3 Å². The highest BCUT2D eigenvalue weighted by atomic mass is 32.2. The van der Waals surface area contributed by atoms with Gasteiger partial charge in [-0.1, -0.05) is 42.2 Å². The third kappa shape index (κ3) is 3.04. The van der Waals surface area contributed by atoms with Crippen LogP contribution in [0.5, 0.6) is 0 Å². The molecule has 1 fully saturated rings. The van der Waals surface area contributed by atoms with Crippen molar-refractivity contribution in [2.24, 2.45) is 0 Å². The number of hydrogen-bond acceptors (Lipinski definition) is 7. The topological polar surface area (TPSA) is 97.8 Å². The van der Waals surface area contributed by atoms with Crippen LogP contribution in [-0.2, 0) is 19.2 Å². The lowest BCUT2D eigenvalue weighted by molar-refractivity contribution is -0.305. The number of thiocarbonyl (C=S) groups is 1. The summed E-state index contributed by atoms with van der Waals surface area (Å²) in [6.45, 7) is 1.41. The van der Waals surface area contributed by atoms with Crippen molar-refractivity contribution in [1.29, 1.82) is 0 Å². The predicted molar refractivity (Wildman–Crippen MR) is 97.7 cm³/mol. The van der Waals surface area contributed by atoms with Gasteiger partial charge in [0.25, 0.3) is 11.8 Å². The highest BCUT2D eigenvalue weighted by Gasteiger charge is 2.42. The molecule has 3 amide bonds. The summed E-state index contributed by atoms with van der Waals surface area (Å²) in [6.07, 6.45) is 0.00430. The molecular formula is C17H13N2O5S2-. The molecule has 2 heterocycles. The monoisotopic (exact) mass is 389 g/mol. The number of fused-ring (bicyclic) bond motifs is 1. The number of carbonyl (C=O) groups excluding carboxylic acids is 4. The number of benzene rings is 1. The molecule has 0 radical (unpaired) electrons. The molecule has 1 aromatic carbocycles. The van der Waals surface area contributed by atoms with Crippen molar-refractivity contribution in [2.75, 3.05) is 11.4 Å². The van der Waals surface area contributed by atoms with E-state index < -0.39 is 23.7 Å². The summed E-state index contributed by atoms with van der Waals surface area (Å²) in [5.74, 6) is -2.66. The first-order valence-electron chi connectivity index (χ1n) is 7.75. The minimum absolute atomic E-state index is 0.127. The van der Waals surface area contributed by atoms with Gasteiger partial charge in [-0.3, -0.25) is 19.3 Å². The molecule has 0 saturated carbocycles. The van der Waals surface area contributed by atoms with Gasteiger partial charge in [0.1, 0.15) is 4.32 Å². The summed E-state index contributed by atoms with van der Waals surface area (Å²) in [4.78, 5) is 50.4. The first-order valence-corrected chi connectivity index (χ1v) is 8.97. The van der Waals surface area contributed by atoms with Crippen LogP contribution in [0.3, 0.4) is 0 Å². The summed E-state index contributed by atoms with van der Waals surface area (Å²) < 4.78 is 0.252. The number of carboxylic acid groups (broad SMARTS) is 1. The highest BCUT2D eigenvalue weighted by molar-refractivity contribution is 8.26. The first-order chi connectivity index (χ1) is 12.3. The molecule has 0 spiro atoms. The molecule has 0 unspecified atom stereocenters. The van der Waals surface area contributed by atoms with Crippen molar-refractivity contribution in [3.8, 4) is 0 Å². The number of para-hydroxylation sites is 1. The van der Waals surface area contributed by atoms with Crippen LogP contribution in [0.4, 0.5) is 5.69 Å². The average Bonchev–Trinajstić information content (AvgIpc) is 3.01. The fourth-order valence-electron chi connectivity index (χ4n) is 2.87. The molecule has 3 rings (SSSR count). The van der Waals surface area contributed by atoms with E-state index in [4.69, 9.17) is 12.2 Å². The molecule has 1 saturated heterocycles. The zero-order chi connectivity index (χ0) is 19.0. The third-order valence-corrected chi connectivity index (χ3v) is 5.43. The van der Waals surface area contributed by atoms with E-state index in [2.05, 4.69) is 0 Å². The number of hydrogen-bond donors (Lipinski definition) is 0. The number of carbonyl (C=O) groups is 4. The zero-order valence-corrected chi connectivity index (χ0v) is 15.3. The quantitative estimate of drug-likeness (QED) is 0.552. The van der Waals surface area contributed by atoms with E-state index >= 15 is 0 Å². The number of aliphatic carboxylic acids is 1. The third-order valence-electron chi connectivity index (χ3n) is 3.98. The van der Waals surface area contributed by atoms with Crippen LogP contribution in [-0.4, -0.2) is 39.5 Å². The smallest absolute Gasteiger partial charge is 0.267 e. The van der Waals surface area contributed by atoms with Crippen molar-refractivity contribution < 1.29 is 24.3 Å². The van der Waals surface area contributed by atoms with Gasteiger partial charge in [-0.2, -0.15) is 0 Å². The Morgan fingerprint density at radius 1 is 1.19 bits per heavy atom. The standard InChI is InChI=1S/C17H14N2O5S2/c1-9(20)19-11-6-3-2-5-10(11)13(15(19)23)14-16(24)18(17(25)26-14)8-4-7-12(21)22/h2-3,5-6H,4,7-8H2,1H3,(H,21,22)/p-1/b14-13-. The Morgan fingerprint density at radius 2 is 1.88 bits per heavy atom. The van der Waals surface area contributed by atoms with Gasteiger partial charge >= 0.3 is 0 Å². The van der Waals surface area contributed by atoms with Gasteiger partial charge in [0.15, 0.2) is 0 Å². The molecular weight excluding hydrogens is 376 g/mol. The van der Waals surface area contributed by atoms with Gasteiger partial charge in [-0.25, -0.2) is 4.90 Å². The maximum atomic E-state index is 12.8. The van der Waals surface area contributed by atoms with E-state index in [-0.39, 0.29) is 34.2 Å². The maximum Gasteiger partial charge on any atom is 0.267 e. The van der Waals surface area contributed by atoms with Crippen LogP contribution in [0.1, 0.15) is 25.3 Å². The summed E-state index contributed by atoms with van der Waals surface area (Å²) in [5.41, 5.74) is 1.08. The molecule has 0 aromatic heterocycles. The molecule has 2 aliphatic heterocycles. The van der Waals surface area contributed by atoms with Gasteiger partial charge in [-0.05, 0) is 18.9 Å². The minimum atomic E-state index is -1.20. The zero-order valence-electron chi connectivity index (χ0n) is 13.7. The van der Waals surface area contributed by atoms with E-state index in [0.717, 1.165) is 16.7 Å². The predicted octanol–water partition coefficient (Wildman–Crippen LogP) is 0.681. The van der Waals surface area contributed by atoms with Gasteiger partial charge < -0.3 is 9.90 Å². The van der Waals surface area contributed by atoms with Crippen LogP contribution in [0.2, 0.25) is 0 Å². The molecule has 1 aromatic rings. The Balaban J connectivity index is 1.99. The number of imide groups is 1. The Kier molecular flexibility index (Phi) is 4.92.